The predicted molar refractivity (Wildman–Crippen MR) is 61.7 cm³/mol. The van der Waals surface area contributed by atoms with Gasteiger partial charge < -0.3 is 9.88 Å². The number of halogens is 1. The van der Waals surface area contributed by atoms with Crippen LogP contribution in [0.25, 0.3) is 10.9 Å². The van der Waals surface area contributed by atoms with Crippen molar-refractivity contribution in [2.75, 3.05) is 19.0 Å². The van der Waals surface area contributed by atoms with Crippen LogP contribution in [0.1, 0.15) is 0 Å². The Labute approximate surface area is 91.5 Å². The number of aromatic amines is 1. The summed E-state index contributed by atoms with van der Waals surface area (Å²) in [5.41, 5.74) is 0.641. The van der Waals surface area contributed by atoms with Crippen LogP contribution in [0, 0.1) is 0 Å². The molecule has 0 aromatic carbocycles. The van der Waals surface area contributed by atoms with Gasteiger partial charge in [-0.15, -0.1) is 0 Å². The zero-order valence-electron chi connectivity index (χ0n) is 8.41. The molecule has 2 aromatic rings. The van der Waals surface area contributed by atoms with Gasteiger partial charge in [0.05, 0.1) is 10.9 Å². The fraction of sp³-hybridized carbons (Fsp3) is 0.200. The molecule has 5 heteroatoms. The number of hydrogen-bond acceptors (Lipinski definition) is 3. The minimum atomic E-state index is -0.0587. The standard InChI is InChI=1S/C10H10ClN3O/c1-14(2)10-9-6(5-8(11)13-10)12-4-3-7(9)15/h3-5H,1-2H3,(H,12,15). The third kappa shape index (κ3) is 1.68. The number of H-pyrrole nitrogens is 1. The molecule has 0 atom stereocenters. The van der Waals surface area contributed by atoms with Crippen LogP contribution in [0.2, 0.25) is 5.15 Å². The van der Waals surface area contributed by atoms with Crippen LogP contribution in [0.3, 0.4) is 0 Å². The Balaban J connectivity index is 2.94. The molecule has 0 bridgehead atoms. The van der Waals surface area contributed by atoms with Gasteiger partial charge in [-0.3, -0.25) is 4.79 Å². The van der Waals surface area contributed by atoms with E-state index >= 15 is 0 Å². The molecule has 0 unspecified atom stereocenters. The van der Waals surface area contributed by atoms with Gasteiger partial charge in [-0.25, -0.2) is 4.98 Å². The summed E-state index contributed by atoms with van der Waals surface area (Å²) in [6.45, 7) is 0. The molecule has 1 N–H and O–H groups in total. The van der Waals surface area contributed by atoms with Gasteiger partial charge in [-0.1, -0.05) is 11.6 Å². The second-order valence-electron chi connectivity index (χ2n) is 3.43. The molecular weight excluding hydrogens is 214 g/mol. The first kappa shape index (κ1) is 9.98. The summed E-state index contributed by atoms with van der Waals surface area (Å²) < 4.78 is 0. The Morgan fingerprint density at radius 2 is 2.20 bits per heavy atom. The van der Waals surface area contributed by atoms with Crippen molar-refractivity contribution in [2.24, 2.45) is 0 Å². The number of nitrogens with one attached hydrogen (secondary N) is 1. The Hall–Kier alpha value is -1.55. The number of hydrogen-bond donors (Lipinski definition) is 1. The van der Waals surface area contributed by atoms with Gasteiger partial charge in [0, 0.05) is 26.4 Å². The lowest BCUT2D eigenvalue weighted by Crippen LogP contribution is -2.15. The molecule has 0 aliphatic carbocycles. The Morgan fingerprint density at radius 3 is 2.87 bits per heavy atom. The molecule has 2 aromatic heterocycles. The van der Waals surface area contributed by atoms with Crippen LogP contribution in [0.5, 0.6) is 0 Å². The summed E-state index contributed by atoms with van der Waals surface area (Å²) in [6, 6.07) is 3.12. The smallest absolute Gasteiger partial charge is 0.193 e. The van der Waals surface area contributed by atoms with Crippen molar-refractivity contribution in [1.29, 1.82) is 0 Å². The fourth-order valence-electron chi connectivity index (χ4n) is 1.47. The molecule has 15 heavy (non-hydrogen) atoms. The molecule has 0 radical (unpaired) electrons. The maximum Gasteiger partial charge on any atom is 0.193 e. The molecule has 2 rings (SSSR count). The zero-order valence-corrected chi connectivity index (χ0v) is 9.17. The quantitative estimate of drug-likeness (QED) is 0.748. The maximum atomic E-state index is 11.7. The van der Waals surface area contributed by atoms with Crippen LogP contribution >= 0.6 is 11.6 Å². The van der Waals surface area contributed by atoms with Crippen molar-refractivity contribution in [3.63, 3.8) is 0 Å². The van der Waals surface area contributed by atoms with Crippen LogP contribution < -0.4 is 10.3 Å². The number of fused-ring (bicyclic) bond motifs is 1. The van der Waals surface area contributed by atoms with Crippen molar-refractivity contribution in [1.82, 2.24) is 9.97 Å². The summed E-state index contributed by atoms with van der Waals surface area (Å²) >= 11 is 5.86. The van der Waals surface area contributed by atoms with E-state index < -0.39 is 0 Å². The Morgan fingerprint density at radius 1 is 1.47 bits per heavy atom. The van der Waals surface area contributed by atoms with Gasteiger partial charge in [-0.05, 0) is 6.07 Å². The van der Waals surface area contributed by atoms with E-state index in [0.29, 0.717) is 21.9 Å². The lowest BCUT2D eigenvalue weighted by Gasteiger charge is -2.13. The van der Waals surface area contributed by atoms with Gasteiger partial charge in [0.2, 0.25) is 0 Å². The lowest BCUT2D eigenvalue weighted by atomic mass is 10.2. The average Bonchev–Trinajstić information content (AvgIpc) is 2.16. The number of pyridine rings is 2. The zero-order chi connectivity index (χ0) is 11.0. The number of nitrogens with zero attached hydrogens (tertiary/aromatic N) is 2. The van der Waals surface area contributed by atoms with Gasteiger partial charge in [0.1, 0.15) is 11.0 Å². The molecule has 0 aliphatic heterocycles. The average molecular weight is 224 g/mol. The van der Waals surface area contributed by atoms with E-state index in [-0.39, 0.29) is 5.43 Å². The van der Waals surface area contributed by atoms with Gasteiger partial charge in [0.25, 0.3) is 0 Å². The van der Waals surface area contributed by atoms with E-state index in [9.17, 15) is 4.79 Å². The highest BCUT2D eigenvalue weighted by Crippen LogP contribution is 2.21. The Kier molecular flexibility index (Phi) is 2.36. The van der Waals surface area contributed by atoms with Crippen molar-refractivity contribution in [2.45, 2.75) is 0 Å². The summed E-state index contributed by atoms with van der Waals surface area (Å²) in [7, 11) is 3.65. The summed E-state index contributed by atoms with van der Waals surface area (Å²) in [6.07, 6.45) is 1.60. The molecule has 78 valence electrons. The highest BCUT2D eigenvalue weighted by Gasteiger charge is 2.09. The third-order valence-electron chi connectivity index (χ3n) is 2.11. The van der Waals surface area contributed by atoms with E-state index in [0.717, 1.165) is 0 Å². The molecule has 0 fully saturated rings. The molecule has 0 saturated heterocycles. The molecule has 4 nitrogen and oxygen atoms in total. The number of aromatic nitrogens is 2. The first-order chi connectivity index (χ1) is 7.09. The predicted octanol–water partition coefficient (Wildman–Crippen LogP) is 1.64. The van der Waals surface area contributed by atoms with E-state index in [2.05, 4.69) is 9.97 Å². The summed E-state index contributed by atoms with van der Waals surface area (Å²) in [4.78, 5) is 20.6. The molecule has 0 spiro atoms. The lowest BCUT2D eigenvalue weighted by molar-refractivity contribution is 1.08. The first-order valence-electron chi connectivity index (χ1n) is 4.45. The molecule has 0 saturated carbocycles. The largest absolute Gasteiger partial charge is 0.362 e. The van der Waals surface area contributed by atoms with Crippen molar-refractivity contribution >= 4 is 28.3 Å². The van der Waals surface area contributed by atoms with E-state index in [1.54, 1.807) is 17.2 Å². The minimum Gasteiger partial charge on any atom is -0.362 e. The Bertz CT molecular complexity index is 562. The van der Waals surface area contributed by atoms with Crippen molar-refractivity contribution in [3.05, 3.63) is 33.7 Å². The fourth-order valence-corrected chi connectivity index (χ4v) is 1.66. The molecule has 0 aliphatic rings. The number of anilines is 1. The topological polar surface area (TPSA) is 49.0 Å². The van der Waals surface area contributed by atoms with Crippen LogP contribution in [-0.4, -0.2) is 24.1 Å². The van der Waals surface area contributed by atoms with Gasteiger partial charge >= 0.3 is 0 Å². The van der Waals surface area contributed by atoms with E-state index in [4.69, 9.17) is 11.6 Å². The van der Waals surface area contributed by atoms with E-state index in [1.165, 1.54) is 6.07 Å². The van der Waals surface area contributed by atoms with Crippen LogP contribution in [0.15, 0.2) is 23.1 Å². The highest BCUT2D eigenvalue weighted by molar-refractivity contribution is 6.30. The first-order valence-corrected chi connectivity index (χ1v) is 4.82. The number of rotatable bonds is 1. The SMILES string of the molecule is CN(C)c1nc(Cl)cc2[nH]ccc(=O)c12. The molecule has 2 heterocycles. The van der Waals surface area contributed by atoms with Crippen LogP contribution in [-0.2, 0) is 0 Å². The van der Waals surface area contributed by atoms with Crippen LogP contribution in [0.4, 0.5) is 5.82 Å². The molecular formula is C10H10ClN3O. The summed E-state index contributed by atoms with van der Waals surface area (Å²) in [5.74, 6) is 0.583. The van der Waals surface area contributed by atoms with Crippen molar-refractivity contribution < 1.29 is 0 Å². The van der Waals surface area contributed by atoms with Crippen molar-refractivity contribution in [3.8, 4) is 0 Å². The molecule has 0 amide bonds. The highest BCUT2D eigenvalue weighted by atomic mass is 35.5. The third-order valence-corrected chi connectivity index (χ3v) is 2.31. The second kappa shape index (κ2) is 3.55. The monoisotopic (exact) mass is 223 g/mol. The minimum absolute atomic E-state index is 0.0587. The normalized spacial score (nSPS) is 10.6. The maximum absolute atomic E-state index is 11.7. The van der Waals surface area contributed by atoms with Gasteiger partial charge in [0.15, 0.2) is 5.43 Å². The van der Waals surface area contributed by atoms with E-state index in [1.807, 2.05) is 14.1 Å². The second-order valence-corrected chi connectivity index (χ2v) is 3.81. The summed E-state index contributed by atoms with van der Waals surface area (Å²) in [5, 5.41) is 0.931. The van der Waals surface area contributed by atoms with Gasteiger partial charge in [-0.2, -0.15) is 0 Å².